The molecule has 0 saturated heterocycles. The van der Waals surface area contributed by atoms with E-state index in [2.05, 4.69) is 10.3 Å². The van der Waals surface area contributed by atoms with Crippen LogP contribution >= 0.6 is 0 Å². The summed E-state index contributed by atoms with van der Waals surface area (Å²) in [6.07, 6.45) is -3.34. The van der Waals surface area contributed by atoms with Gasteiger partial charge in [-0.05, 0) is 12.8 Å². The lowest BCUT2D eigenvalue weighted by atomic mass is 10.2. The molecule has 1 rings (SSSR count). The molecule has 0 atom stereocenters. The zero-order chi connectivity index (χ0) is 13.6. The zero-order valence-electron chi connectivity index (χ0n) is 9.41. The number of hydrogen-bond donors (Lipinski definition) is 1. The van der Waals surface area contributed by atoms with E-state index < -0.39 is 17.5 Å². The van der Waals surface area contributed by atoms with Gasteiger partial charge in [0.05, 0.1) is 11.0 Å². The first kappa shape index (κ1) is 14.2. The summed E-state index contributed by atoms with van der Waals surface area (Å²) in [4.78, 5) is 13.7. The minimum Gasteiger partial charge on any atom is -0.370 e. The molecular weight excluding hydrogens is 251 g/mol. The molecule has 0 aliphatic heterocycles. The molecule has 0 aliphatic carbocycles. The number of nitro groups is 1. The van der Waals surface area contributed by atoms with Crippen molar-refractivity contribution in [3.63, 3.8) is 0 Å². The SMILES string of the molecule is O=[N+]([O-])c1ccnc(NCCCCC(F)(F)F)c1. The fourth-order valence-corrected chi connectivity index (χ4v) is 1.30. The molecule has 0 saturated carbocycles. The summed E-state index contributed by atoms with van der Waals surface area (Å²) in [7, 11) is 0. The number of anilines is 1. The lowest BCUT2D eigenvalue weighted by molar-refractivity contribution is -0.384. The first-order valence-electron chi connectivity index (χ1n) is 5.29. The molecule has 0 bridgehead atoms. The van der Waals surface area contributed by atoms with Crippen LogP contribution in [0.5, 0.6) is 0 Å². The van der Waals surface area contributed by atoms with Crippen molar-refractivity contribution in [1.29, 1.82) is 0 Å². The van der Waals surface area contributed by atoms with Crippen LogP contribution in [0.1, 0.15) is 19.3 Å². The summed E-state index contributed by atoms with van der Waals surface area (Å²) in [6, 6.07) is 2.48. The van der Waals surface area contributed by atoms with Crippen molar-refractivity contribution in [2.24, 2.45) is 0 Å². The van der Waals surface area contributed by atoms with E-state index >= 15 is 0 Å². The minimum absolute atomic E-state index is 0.0193. The van der Waals surface area contributed by atoms with Crippen LogP contribution in [0.25, 0.3) is 0 Å². The van der Waals surface area contributed by atoms with Crippen molar-refractivity contribution >= 4 is 11.5 Å². The number of nitrogens with zero attached hydrogens (tertiary/aromatic N) is 2. The van der Waals surface area contributed by atoms with Crippen LogP contribution < -0.4 is 5.32 Å². The lowest BCUT2D eigenvalue weighted by Gasteiger charge is -2.07. The molecule has 100 valence electrons. The molecule has 1 N–H and O–H groups in total. The second kappa shape index (κ2) is 6.18. The van der Waals surface area contributed by atoms with E-state index in [4.69, 9.17) is 0 Å². The van der Waals surface area contributed by atoms with Gasteiger partial charge in [0.25, 0.3) is 5.69 Å². The maximum absolute atomic E-state index is 11.8. The van der Waals surface area contributed by atoms with E-state index in [0.29, 0.717) is 13.0 Å². The Balaban J connectivity index is 2.31. The van der Waals surface area contributed by atoms with Crippen LogP contribution in [0.2, 0.25) is 0 Å². The maximum atomic E-state index is 11.8. The van der Waals surface area contributed by atoms with E-state index in [1.54, 1.807) is 0 Å². The van der Waals surface area contributed by atoms with Crippen molar-refractivity contribution in [1.82, 2.24) is 4.98 Å². The summed E-state index contributed by atoms with van der Waals surface area (Å²) in [6.45, 7) is 0.296. The van der Waals surface area contributed by atoms with Gasteiger partial charge >= 0.3 is 6.18 Å². The maximum Gasteiger partial charge on any atom is 0.389 e. The number of unbranched alkanes of at least 4 members (excludes halogenated alkanes) is 1. The topological polar surface area (TPSA) is 68.1 Å². The minimum atomic E-state index is -4.14. The Bertz CT molecular complexity index is 410. The zero-order valence-corrected chi connectivity index (χ0v) is 9.41. The molecule has 0 amide bonds. The molecule has 0 unspecified atom stereocenters. The average molecular weight is 263 g/mol. The first-order chi connectivity index (χ1) is 8.38. The van der Waals surface area contributed by atoms with Gasteiger partial charge in [-0.3, -0.25) is 10.1 Å². The van der Waals surface area contributed by atoms with Crippen molar-refractivity contribution in [3.05, 3.63) is 28.4 Å². The van der Waals surface area contributed by atoms with Gasteiger partial charge in [0.15, 0.2) is 0 Å². The molecule has 0 aliphatic rings. The van der Waals surface area contributed by atoms with Crippen LogP contribution in [0.4, 0.5) is 24.7 Å². The summed E-state index contributed by atoms with van der Waals surface area (Å²) >= 11 is 0. The van der Waals surface area contributed by atoms with Crippen molar-refractivity contribution < 1.29 is 18.1 Å². The molecule has 0 spiro atoms. The van der Waals surface area contributed by atoms with Crippen LogP contribution in [0.3, 0.4) is 0 Å². The highest BCUT2D eigenvalue weighted by Crippen LogP contribution is 2.22. The number of rotatable bonds is 6. The van der Waals surface area contributed by atoms with Gasteiger partial charge in [-0.15, -0.1) is 0 Å². The largest absolute Gasteiger partial charge is 0.389 e. The Labute approximate surface area is 101 Å². The van der Waals surface area contributed by atoms with Crippen molar-refractivity contribution in [2.45, 2.75) is 25.4 Å². The summed E-state index contributed by atoms with van der Waals surface area (Å²) < 4.78 is 35.5. The second-order valence-corrected chi connectivity index (χ2v) is 3.66. The van der Waals surface area contributed by atoms with Gasteiger partial charge in [-0.2, -0.15) is 13.2 Å². The molecule has 1 heterocycles. The Kier molecular flexibility index (Phi) is 4.87. The number of aromatic nitrogens is 1. The molecule has 1 aromatic rings. The van der Waals surface area contributed by atoms with Crippen molar-refractivity contribution in [2.75, 3.05) is 11.9 Å². The third-order valence-electron chi connectivity index (χ3n) is 2.15. The third kappa shape index (κ3) is 5.46. The van der Waals surface area contributed by atoms with Crippen LogP contribution in [-0.4, -0.2) is 22.6 Å². The monoisotopic (exact) mass is 263 g/mol. The van der Waals surface area contributed by atoms with Gasteiger partial charge in [0.2, 0.25) is 0 Å². The first-order valence-corrected chi connectivity index (χ1v) is 5.29. The Morgan fingerprint density at radius 1 is 1.39 bits per heavy atom. The molecule has 0 fully saturated rings. The Morgan fingerprint density at radius 3 is 2.72 bits per heavy atom. The number of halogens is 3. The van der Waals surface area contributed by atoms with Gasteiger partial charge < -0.3 is 5.32 Å². The molecular formula is C10H12F3N3O2. The van der Waals surface area contributed by atoms with Crippen molar-refractivity contribution in [3.8, 4) is 0 Å². The lowest BCUT2D eigenvalue weighted by Crippen LogP contribution is -2.09. The summed E-state index contributed by atoms with van der Waals surface area (Å²) in [5.41, 5.74) is -0.109. The molecule has 5 nitrogen and oxygen atoms in total. The fraction of sp³-hybridized carbons (Fsp3) is 0.500. The Hall–Kier alpha value is -1.86. The molecule has 0 aromatic carbocycles. The number of nitrogens with one attached hydrogen (secondary N) is 1. The van der Waals surface area contributed by atoms with E-state index in [1.807, 2.05) is 0 Å². The highest BCUT2D eigenvalue weighted by molar-refractivity contribution is 5.43. The van der Waals surface area contributed by atoms with E-state index in [9.17, 15) is 23.3 Å². The van der Waals surface area contributed by atoms with E-state index in [1.165, 1.54) is 18.3 Å². The van der Waals surface area contributed by atoms with Crippen LogP contribution in [-0.2, 0) is 0 Å². The van der Waals surface area contributed by atoms with Gasteiger partial charge in [0, 0.05) is 25.2 Å². The number of hydrogen-bond acceptors (Lipinski definition) is 4. The molecule has 0 radical (unpaired) electrons. The quantitative estimate of drug-likeness (QED) is 0.486. The Morgan fingerprint density at radius 2 is 2.11 bits per heavy atom. The van der Waals surface area contributed by atoms with Gasteiger partial charge in [0.1, 0.15) is 5.82 Å². The molecule has 18 heavy (non-hydrogen) atoms. The second-order valence-electron chi connectivity index (χ2n) is 3.66. The average Bonchev–Trinajstić information content (AvgIpc) is 2.27. The summed E-state index contributed by atoms with van der Waals surface area (Å²) in [5.74, 6) is 0.288. The summed E-state index contributed by atoms with van der Waals surface area (Å²) in [5, 5.41) is 13.2. The standard InChI is InChI=1S/C10H12F3N3O2/c11-10(12,13)4-1-2-5-14-9-7-8(16(17)18)3-6-15-9/h3,6-7H,1-2,4-5H2,(H,14,15). The van der Waals surface area contributed by atoms with E-state index in [-0.39, 0.29) is 17.9 Å². The third-order valence-corrected chi connectivity index (χ3v) is 2.15. The van der Waals surface area contributed by atoms with Crippen LogP contribution in [0.15, 0.2) is 18.3 Å². The highest BCUT2D eigenvalue weighted by Gasteiger charge is 2.25. The van der Waals surface area contributed by atoms with Crippen LogP contribution in [0, 0.1) is 10.1 Å². The molecule has 1 aromatic heterocycles. The number of alkyl halides is 3. The normalized spacial score (nSPS) is 11.3. The predicted octanol–water partition coefficient (Wildman–Crippen LogP) is 3.13. The smallest absolute Gasteiger partial charge is 0.370 e. The van der Waals surface area contributed by atoms with Gasteiger partial charge in [-0.25, -0.2) is 4.98 Å². The van der Waals surface area contributed by atoms with E-state index in [0.717, 1.165) is 0 Å². The fourth-order valence-electron chi connectivity index (χ4n) is 1.30. The highest BCUT2D eigenvalue weighted by atomic mass is 19.4. The number of pyridine rings is 1. The van der Waals surface area contributed by atoms with Gasteiger partial charge in [-0.1, -0.05) is 0 Å². The molecule has 8 heteroatoms. The predicted molar refractivity (Wildman–Crippen MR) is 59.3 cm³/mol.